The molecule has 198 valence electrons. The Bertz CT molecular complexity index is 1780. The van der Waals surface area contributed by atoms with Crippen molar-refractivity contribution in [3.8, 4) is 10.6 Å². The van der Waals surface area contributed by atoms with Crippen LogP contribution in [0.25, 0.3) is 20.8 Å². The molecule has 0 fully saturated rings. The summed E-state index contributed by atoms with van der Waals surface area (Å²) in [6, 6.07) is 20.5. The zero-order valence-corrected chi connectivity index (χ0v) is 24.1. The second-order valence-corrected chi connectivity index (χ2v) is 13.9. The lowest BCUT2D eigenvalue weighted by atomic mass is 9.88. The van der Waals surface area contributed by atoms with Crippen LogP contribution in [-0.4, -0.2) is 19.3 Å². The third-order valence-corrected chi connectivity index (χ3v) is 10.6. The molecule has 0 spiro atoms. The van der Waals surface area contributed by atoms with Crippen LogP contribution in [0.1, 0.15) is 34.1 Å². The molecule has 3 aromatic carbocycles. The highest BCUT2D eigenvalue weighted by Gasteiger charge is 2.28. The zero-order valence-electron chi connectivity index (χ0n) is 20.9. The van der Waals surface area contributed by atoms with Gasteiger partial charge in [0.15, 0.2) is 0 Å². The molecule has 0 aliphatic heterocycles. The van der Waals surface area contributed by atoms with Crippen LogP contribution in [0.4, 0.5) is 10.7 Å². The van der Waals surface area contributed by atoms with Crippen LogP contribution in [-0.2, 0) is 22.9 Å². The predicted octanol–water partition coefficient (Wildman–Crippen LogP) is 7.86. The SMILES string of the molecule is CC1CCc2c(sc(NC(=O)c3ccccc3NS(=O)(=O)c3ccc(Cl)cc3)c2-c2nc3ccccc3s2)C1. The first kappa shape index (κ1) is 26.0. The number of thiazole rings is 1. The lowest BCUT2D eigenvalue weighted by Gasteiger charge is -2.18. The number of carbonyl (C=O) groups is 1. The summed E-state index contributed by atoms with van der Waals surface area (Å²) in [5.74, 6) is 0.185. The van der Waals surface area contributed by atoms with Crippen molar-refractivity contribution in [2.45, 2.75) is 31.1 Å². The van der Waals surface area contributed by atoms with Crippen molar-refractivity contribution < 1.29 is 13.2 Å². The van der Waals surface area contributed by atoms with Crippen LogP contribution in [0, 0.1) is 5.92 Å². The van der Waals surface area contributed by atoms with E-state index in [-0.39, 0.29) is 16.1 Å². The topological polar surface area (TPSA) is 88.2 Å². The summed E-state index contributed by atoms with van der Waals surface area (Å²) in [7, 11) is -3.93. The van der Waals surface area contributed by atoms with Gasteiger partial charge in [0.25, 0.3) is 15.9 Å². The minimum atomic E-state index is -3.93. The van der Waals surface area contributed by atoms with Gasteiger partial charge < -0.3 is 5.32 Å². The second kappa shape index (κ2) is 10.4. The molecule has 0 saturated heterocycles. The van der Waals surface area contributed by atoms with Gasteiger partial charge in [0.05, 0.1) is 26.4 Å². The Kier molecular flexibility index (Phi) is 6.93. The number of nitrogens with one attached hydrogen (secondary N) is 2. The van der Waals surface area contributed by atoms with Crippen LogP contribution in [0.15, 0.2) is 77.7 Å². The largest absolute Gasteiger partial charge is 0.313 e. The number of halogens is 1. The van der Waals surface area contributed by atoms with E-state index in [0.29, 0.717) is 10.9 Å². The molecule has 6 rings (SSSR count). The smallest absolute Gasteiger partial charge is 0.261 e. The third kappa shape index (κ3) is 5.19. The molecule has 1 aliphatic rings. The molecule has 2 N–H and O–H groups in total. The van der Waals surface area contributed by atoms with Crippen LogP contribution < -0.4 is 10.0 Å². The van der Waals surface area contributed by atoms with Gasteiger partial charge in [-0.05, 0) is 79.3 Å². The van der Waals surface area contributed by atoms with Gasteiger partial charge >= 0.3 is 0 Å². The van der Waals surface area contributed by atoms with Crippen LogP contribution in [0.5, 0.6) is 0 Å². The van der Waals surface area contributed by atoms with Gasteiger partial charge in [-0.2, -0.15) is 0 Å². The summed E-state index contributed by atoms with van der Waals surface area (Å²) in [6.45, 7) is 2.25. The molecule has 1 amide bonds. The number of fused-ring (bicyclic) bond motifs is 2. The molecular weight excluding hydrogens is 570 g/mol. The summed E-state index contributed by atoms with van der Waals surface area (Å²) in [5, 5.41) is 5.17. The summed E-state index contributed by atoms with van der Waals surface area (Å²) >= 11 is 9.13. The van der Waals surface area contributed by atoms with Gasteiger partial charge in [0.1, 0.15) is 10.0 Å². The van der Waals surface area contributed by atoms with Crippen molar-refractivity contribution in [2.24, 2.45) is 5.92 Å². The normalized spacial score (nSPS) is 15.2. The molecule has 10 heteroatoms. The first-order chi connectivity index (χ1) is 18.8. The van der Waals surface area contributed by atoms with Crippen molar-refractivity contribution in [1.82, 2.24) is 4.98 Å². The molecule has 6 nitrogen and oxygen atoms in total. The molecule has 2 heterocycles. The maximum absolute atomic E-state index is 13.7. The standard InChI is InChI=1S/C29H24ClN3O3S3/c1-17-10-15-21-25(16-17)38-29(26(21)28-31-23-8-4-5-9-24(23)37-28)32-27(34)20-6-2-3-7-22(20)33-39(35,36)19-13-11-18(30)12-14-19/h2-9,11-14,17,33H,10,15-16H2,1H3,(H,32,34). The van der Waals surface area contributed by atoms with Crippen LogP contribution in [0.2, 0.25) is 5.02 Å². The molecule has 2 aromatic heterocycles. The summed E-state index contributed by atoms with van der Waals surface area (Å²) in [5.41, 5.74) is 3.59. The van der Waals surface area contributed by atoms with E-state index in [1.807, 2.05) is 18.2 Å². The minimum absolute atomic E-state index is 0.0558. The lowest BCUT2D eigenvalue weighted by Crippen LogP contribution is -2.18. The second-order valence-electron chi connectivity index (χ2n) is 9.60. The molecule has 0 saturated carbocycles. The Morgan fingerprint density at radius 1 is 1.00 bits per heavy atom. The summed E-state index contributed by atoms with van der Waals surface area (Å²) in [4.78, 5) is 19.9. The van der Waals surface area contributed by atoms with Crippen molar-refractivity contribution in [2.75, 3.05) is 10.0 Å². The monoisotopic (exact) mass is 593 g/mol. The number of benzene rings is 3. The number of amides is 1. The van der Waals surface area contributed by atoms with Crippen molar-refractivity contribution in [3.63, 3.8) is 0 Å². The molecule has 39 heavy (non-hydrogen) atoms. The molecule has 1 atom stereocenters. The Morgan fingerprint density at radius 3 is 2.54 bits per heavy atom. The first-order valence-electron chi connectivity index (χ1n) is 12.5. The Balaban J connectivity index is 1.36. The van der Waals surface area contributed by atoms with E-state index in [4.69, 9.17) is 16.6 Å². The number of carbonyl (C=O) groups excluding carboxylic acids is 1. The molecular formula is C29H24ClN3O3S3. The number of para-hydroxylation sites is 2. The van der Waals surface area contributed by atoms with Crippen LogP contribution in [0.3, 0.4) is 0 Å². The maximum atomic E-state index is 13.7. The number of sulfonamides is 1. The van der Waals surface area contributed by atoms with E-state index in [0.717, 1.165) is 45.1 Å². The average Bonchev–Trinajstić information content (AvgIpc) is 3.49. The van der Waals surface area contributed by atoms with Gasteiger partial charge in [-0.1, -0.05) is 42.8 Å². The van der Waals surface area contributed by atoms with Gasteiger partial charge in [0, 0.05) is 15.5 Å². The third-order valence-electron chi connectivity index (χ3n) is 6.79. The average molecular weight is 594 g/mol. The zero-order chi connectivity index (χ0) is 27.1. The number of rotatable bonds is 6. The van der Waals surface area contributed by atoms with E-state index in [1.165, 1.54) is 34.7 Å². The van der Waals surface area contributed by atoms with E-state index < -0.39 is 15.9 Å². The molecule has 0 bridgehead atoms. The predicted molar refractivity (Wildman–Crippen MR) is 161 cm³/mol. The van der Waals surface area contributed by atoms with E-state index >= 15 is 0 Å². The Hall–Kier alpha value is -3.24. The van der Waals surface area contributed by atoms with Crippen LogP contribution >= 0.6 is 34.3 Å². The van der Waals surface area contributed by atoms with E-state index in [1.54, 1.807) is 46.9 Å². The van der Waals surface area contributed by atoms with Gasteiger partial charge in [-0.15, -0.1) is 22.7 Å². The fourth-order valence-electron chi connectivity index (χ4n) is 4.80. The number of thiophene rings is 1. The maximum Gasteiger partial charge on any atom is 0.261 e. The number of nitrogens with zero attached hydrogens (tertiary/aromatic N) is 1. The highest BCUT2D eigenvalue weighted by Crippen LogP contribution is 2.47. The molecule has 0 radical (unpaired) electrons. The first-order valence-corrected chi connectivity index (χ1v) is 16.0. The molecule has 5 aromatic rings. The quantitative estimate of drug-likeness (QED) is 0.210. The lowest BCUT2D eigenvalue weighted by molar-refractivity contribution is 0.102. The number of hydrogen-bond donors (Lipinski definition) is 2. The van der Waals surface area contributed by atoms with Crippen molar-refractivity contribution in [3.05, 3.63) is 93.8 Å². The Labute approximate surface area is 239 Å². The Morgan fingerprint density at radius 2 is 1.74 bits per heavy atom. The number of aromatic nitrogens is 1. The van der Waals surface area contributed by atoms with Crippen molar-refractivity contribution in [1.29, 1.82) is 0 Å². The van der Waals surface area contributed by atoms with Gasteiger partial charge in [0.2, 0.25) is 0 Å². The summed E-state index contributed by atoms with van der Waals surface area (Å²) < 4.78 is 29.7. The molecule has 1 aliphatic carbocycles. The van der Waals surface area contributed by atoms with Crippen molar-refractivity contribution >= 4 is 71.1 Å². The van der Waals surface area contributed by atoms with E-state index in [9.17, 15) is 13.2 Å². The minimum Gasteiger partial charge on any atom is -0.313 e. The van der Waals surface area contributed by atoms with Gasteiger partial charge in [-0.3, -0.25) is 9.52 Å². The van der Waals surface area contributed by atoms with Gasteiger partial charge in [-0.25, -0.2) is 13.4 Å². The summed E-state index contributed by atoms with van der Waals surface area (Å²) in [6.07, 6.45) is 2.99. The highest BCUT2D eigenvalue weighted by atomic mass is 35.5. The number of hydrogen-bond acceptors (Lipinski definition) is 6. The fourth-order valence-corrected chi connectivity index (χ4v) is 8.52. The molecule has 1 unspecified atom stereocenters. The fraction of sp³-hybridized carbons (Fsp3) is 0.172. The van der Waals surface area contributed by atoms with E-state index in [2.05, 4.69) is 23.0 Å². The number of anilines is 2. The highest BCUT2D eigenvalue weighted by molar-refractivity contribution is 7.92.